The molecule has 0 bridgehead atoms. The van der Waals surface area contributed by atoms with Gasteiger partial charge in [0, 0.05) is 6.42 Å². The molecule has 9 heteroatoms. The van der Waals surface area contributed by atoms with Crippen molar-refractivity contribution in [1.82, 2.24) is 0 Å². The molecule has 0 saturated carbocycles. The van der Waals surface area contributed by atoms with E-state index >= 15 is 0 Å². The molecule has 0 heterocycles. The van der Waals surface area contributed by atoms with Gasteiger partial charge < -0.3 is 18.9 Å². The normalized spacial score (nSPS) is 14.0. The summed E-state index contributed by atoms with van der Waals surface area (Å²) in [5, 5.41) is 0. The standard InChI is InChI=1S/C46H88NO7P/c1-6-8-10-12-14-16-18-20-22-23-24-25-26-27-29-31-33-35-37-39-46(48)52-43-45(44-54-55(49,50)53-42-40-47(3,4)5)51-41-38-36-34-32-30-28-21-19-17-15-13-11-9-7-2/h14,16,20,22,38,41,45H,6-13,15,17-19,21,23-37,39-40,42-44H2,1-5H3/p+1/b16-14-,22-20-,41-38-. The third-order valence-electron chi connectivity index (χ3n) is 9.79. The van der Waals surface area contributed by atoms with Gasteiger partial charge in [-0.05, 0) is 57.4 Å². The number of esters is 1. The van der Waals surface area contributed by atoms with Crippen LogP contribution in [-0.2, 0) is 27.9 Å². The van der Waals surface area contributed by atoms with Crippen molar-refractivity contribution >= 4 is 13.8 Å². The Labute approximate surface area is 340 Å². The van der Waals surface area contributed by atoms with Gasteiger partial charge >= 0.3 is 13.8 Å². The maximum absolute atomic E-state index is 12.5. The number of likely N-dealkylation sites (N-methyl/N-ethyl adjacent to an activating group) is 1. The first-order valence-electron chi connectivity index (χ1n) is 22.8. The van der Waals surface area contributed by atoms with Crippen LogP contribution in [0, 0.1) is 0 Å². The lowest BCUT2D eigenvalue weighted by Crippen LogP contribution is -2.37. The van der Waals surface area contributed by atoms with E-state index in [2.05, 4.69) is 38.2 Å². The van der Waals surface area contributed by atoms with E-state index in [1.807, 2.05) is 27.2 Å². The maximum Gasteiger partial charge on any atom is 0.472 e. The van der Waals surface area contributed by atoms with Crippen LogP contribution in [0.1, 0.15) is 200 Å². The van der Waals surface area contributed by atoms with E-state index < -0.39 is 13.9 Å². The minimum absolute atomic E-state index is 0.0490. The number of ether oxygens (including phenoxy) is 2. The first kappa shape index (κ1) is 53.6. The molecule has 55 heavy (non-hydrogen) atoms. The lowest BCUT2D eigenvalue weighted by Gasteiger charge is -2.24. The van der Waals surface area contributed by atoms with Crippen molar-refractivity contribution < 1.29 is 37.3 Å². The third-order valence-corrected chi connectivity index (χ3v) is 10.8. The van der Waals surface area contributed by atoms with Crippen LogP contribution < -0.4 is 0 Å². The monoisotopic (exact) mass is 799 g/mol. The topological polar surface area (TPSA) is 91.3 Å². The van der Waals surface area contributed by atoms with Crippen molar-refractivity contribution in [2.24, 2.45) is 0 Å². The van der Waals surface area contributed by atoms with E-state index in [0.717, 1.165) is 38.5 Å². The molecule has 0 spiro atoms. The number of phosphoric acid groups is 1. The van der Waals surface area contributed by atoms with Gasteiger partial charge in [0.2, 0.25) is 0 Å². The van der Waals surface area contributed by atoms with E-state index in [4.69, 9.17) is 18.5 Å². The molecule has 1 N–H and O–H groups in total. The fraction of sp³-hybridized carbons (Fsp3) is 0.848. The Hall–Kier alpha value is -1.44. The van der Waals surface area contributed by atoms with Crippen LogP contribution in [0.15, 0.2) is 36.6 Å². The molecular weight excluding hydrogens is 709 g/mol. The minimum atomic E-state index is -4.26. The van der Waals surface area contributed by atoms with Gasteiger partial charge in [0.1, 0.15) is 19.8 Å². The van der Waals surface area contributed by atoms with Crippen LogP contribution in [-0.4, -0.2) is 69.0 Å². The van der Waals surface area contributed by atoms with E-state index in [0.29, 0.717) is 17.4 Å². The Kier molecular flexibility index (Phi) is 38.4. The molecule has 0 aliphatic carbocycles. The number of phosphoric ester groups is 1. The summed E-state index contributed by atoms with van der Waals surface area (Å²) in [4.78, 5) is 22.7. The van der Waals surface area contributed by atoms with Gasteiger partial charge in [0.25, 0.3) is 0 Å². The van der Waals surface area contributed by atoms with Crippen LogP contribution in [0.3, 0.4) is 0 Å². The molecule has 0 amide bonds. The number of rotatable bonds is 42. The number of allylic oxidation sites excluding steroid dienone is 5. The molecule has 2 unspecified atom stereocenters. The molecule has 0 aromatic carbocycles. The first-order chi connectivity index (χ1) is 26.6. The summed E-state index contributed by atoms with van der Waals surface area (Å²) in [6.07, 6.45) is 47.0. The van der Waals surface area contributed by atoms with Crippen LogP contribution in [0.4, 0.5) is 0 Å². The quantitative estimate of drug-likeness (QED) is 0.0164. The molecule has 0 aromatic rings. The molecule has 0 aliphatic rings. The summed E-state index contributed by atoms with van der Waals surface area (Å²) in [5.74, 6) is -0.280. The number of carbonyl (C=O) groups excluding carboxylic acids is 1. The van der Waals surface area contributed by atoms with Gasteiger partial charge in [-0.15, -0.1) is 0 Å². The zero-order valence-electron chi connectivity index (χ0n) is 36.7. The SMILES string of the molecule is CCCCC/C=C\C/C=C\CCCCCCCCCCCC(=O)OCC(COP(=O)(O)OCC[N+](C)(C)C)O/C=C\CCCCCCCCCCCCCC. The summed E-state index contributed by atoms with van der Waals surface area (Å²) >= 11 is 0. The average molecular weight is 799 g/mol. The number of hydrogen-bond donors (Lipinski definition) is 1. The molecule has 0 radical (unpaired) electrons. The highest BCUT2D eigenvalue weighted by Crippen LogP contribution is 2.43. The van der Waals surface area contributed by atoms with E-state index in [9.17, 15) is 14.3 Å². The predicted octanol–water partition coefficient (Wildman–Crippen LogP) is 13.7. The Balaban J connectivity index is 4.22. The molecule has 8 nitrogen and oxygen atoms in total. The van der Waals surface area contributed by atoms with Crippen LogP contribution in [0.25, 0.3) is 0 Å². The van der Waals surface area contributed by atoms with Crippen LogP contribution in [0.5, 0.6) is 0 Å². The zero-order valence-corrected chi connectivity index (χ0v) is 37.6. The molecule has 0 rings (SSSR count). The zero-order chi connectivity index (χ0) is 40.6. The second kappa shape index (κ2) is 39.4. The second-order valence-corrected chi connectivity index (χ2v) is 18.0. The van der Waals surface area contributed by atoms with E-state index in [1.54, 1.807) is 6.26 Å². The highest BCUT2D eigenvalue weighted by Gasteiger charge is 2.25. The summed E-state index contributed by atoms with van der Waals surface area (Å²) < 4.78 is 34.8. The van der Waals surface area contributed by atoms with E-state index in [-0.39, 0.29) is 25.8 Å². The summed E-state index contributed by atoms with van der Waals surface area (Å²) in [6, 6.07) is 0. The van der Waals surface area contributed by atoms with E-state index in [1.165, 1.54) is 141 Å². The molecular formula is C46H89NO7P+. The van der Waals surface area contributed by atoms with Gasteiger partial charge in [0.15, 0.2) is 6.10 Å². The minimum Gasteiger partial charge on any atom is -0.492 e. The molecule has 324 valence electrons. The molecule has 2 atom stereocenters. The van der Waals surface area contributed by atoms with Crippen molar-refractivity contribution in [2.75, 3.05) is 47.5 Å². The average Bonchev–Trinajstić information content (AvgIpc) is 3.14. The smallest absolute Gasteiger partial charge is 0.472 e. The van der Waals surface area contributed by atoms with Gasteiger partial charge in [0.05, 0.1) is 34.0 Å². The van der Waals surface area contributed by atoms with Crippen molar-refractivity contribution in [1.29, 1.82) is 0 Å². The third kappa shape index (κ3) is 43.5. The van der Waals surface area contributed by atoms with Gasteiger partial charge in [-0.1, -0.05) is 167 Å². The van der Waals surface area contributed by atoms with Crippen molar-refractivity contribution in [3.63, 3.8) is 0 Å². The lowest BCUT2D eigenvalue weighted by atomic mass is 10.0. The van der Waals surface area contributed by atoms with Crippen molar-refractivity contribution in [3.05, 3.63) is 36.6 Å². The second-order valence-electron chi connectivity index (χ2n) is 16.5. The number of carbonyl (C=O) groups is 1. The Morgan fingerprint density at radius 3 is 1.53 bits per heavy atom. The lowest BCUT2D eigenvalue weighted by molar-refractivity contribution is -0.870. The molecule has 0 saturated heterocycles. The number of unbranched alkanes of at least 4 members (excludes halogenated alkanes) is 24. The molecule has 0 aromatic heterocycles. The van der Waals surface area contributed by atoms with Gasteiger partial charge in [-0.3, -0.25) is 13.8 Å². The number of nitrogens with zero attached hydrogens (tertiary/aromatic N) is 1. The van der Waals surface area contributed by atoms with Crippen molar-refractivity contribution in [3.8, 4) is 0 Å². The summed E-state index contributed by atoms with van der Waals surface area (Å²) in [7, 11) is 1.67. The Morgan fingerprint density at radius 2 is 1.02 bits per heavy atom. The highest BCUT2D eigenvalue weighted by atomic mass is 31.2. The Morgan fingerprint density at radius 1 is 0.582 bits per heavy atom. The highest BCUT2D eigenvalue weighted by molar-refractivity contribution is 7.47. The molecule has 0 fully saturated rings. The number of hydrogen-bond acceptors (Lipinski definition) is 6. The maximum atomic E-state index is 12.5. The fourth-order valence-corrected chi connectivity index (χ4v) is 6.90. The largest absolute Gasteiger partial charge is 0.492 e. The number of quaternary nitrogens is 1. The van der Waals surface area contributed by atoms with Crippen LogP contribution in [0.2, 0.25) is 0 Å². The van der Waals surface area contributed by atoms with Crippen molar-refractivity contribution in [2.45, 2.75) is 206 Å². The summed E-state index contributed by atoms with van der Waals surface area (Å²) in [6.45, 7) is 4.89. The first-order valence-corrected chi connectivity index (χ1v) is 24.3. The summed E-state index contributed by atoms with van der Waals surface area (Å²) in [5.41, 5.74) is 0. The Bertz CT molecular complexity index is 978. The van der Waals surface area contributed by atoms with Crippen LogP contribution >= 0.6 is 7.82 Å². The predicted molar refractivity (Wildman–Crippen MR) is 233 cm³/mol. The fourth-order valence-electron chi connectivity index (χ4n) is 6.16. The van der Waals surface area contributed by atoms with Gasteiger partial charge in [-0.2, -0.15) is 0 Å². The molecule has 0 aliphatic heterocycles. The van der Waals surface area contributed by atoms with Gasteiger partial charge in [-0.25, -0.2) is 4.57 Å².